The van der Waals surface area contributed by atoms with Gasteiger partial charge in [-0.25, -0.2) is 4.79 Å². The van der Waals surface area contributed by atoms with Crippen molar-refractivity contribution in [1.29, 1.82) is 0 Å². The van der Waals surface area contributed by atoms with Crippen LogP contribution in [0.2, 0.25) is 0 Å². The Labute approximate surface area is 162 Å². The molecule has 1 unspecified atom stereocenters. The van der Waals surface area contributed by atoms with E-state index in [0.717, 1.165) is 23.3 Å². The van der Waals surface area contributed by atoms with Gasteiger partial charge < -0.3 is 14.6 Å². The lowest BCUT2D eigenvalue weighted by atomic mass is 9.66. The number of rotatable bonds is 2. The van der Waals surface area contributed by atoms with Crippen LogP contribution in [0.5, 0.6) is 11.5 Å². The molecule has 4 nitrogen and oxygen atoms in total. The maximum atomic E-state index is 12.4. The topological polar surface area (TPSA) is 55.8 Å². The van der Waals surface area contributed by atoms with Crippen LogP contribution in [0.25, 0.3) is 0 Å². The molecular formula is C23H32O4. The molecule has 0 saturated carbocycles. The van der Waals surface area contributed by atoms with Crippen LogP contribution in [0.1, 0.15) is 78.4 Å². The third-order valence-corrected chi connectivity index (χ3v) is 5.77. The Morgan fingerprint density at radius 2 is 1.96 bits per heavy atom. The standard InChI is InChI=1S/C23H32O4/c1-13(2)26-21(25)14-8-9-17-16(10-14)20-18(24)11-15(22(3,4)5)12-19(20)27-23(17,6)7/h8,11-13,16-17,24H,9-10H2,1-7H3/t16?,17-/m1/s1. The molecule has 0 fully saturated rings. The normalized spacial score (nSPS) is 23.8. The monoisotopic (exact) mass is 372 g/mol. The number of esters is 1. The fourth-order valence-electron chi connectivity index (χ4n) is 4.29. The Hall–Kier alpha value is -1.97. The van der Waals surface area contributed by atoms with Gasteiger partial charge in [-0.1, -0.05) is 26.8 Å². The van der Waals surface area contributed by atoms with Crippen molar-refractivity contribution in [3.63, 3.8) is 0 Å². The molecule has 4 heteroatoms. The number of hydrogen-bond donors (Lipinski definition) is 1. The Balaban J connectivity index is 2.03. The Kier molecular flexibility index (Phi) is 4.82. The van der Waals surface area contributed by atoms with Crippen LogP contribution in [-0.4, -0.2) is 22.8 Å². The SMILES string of the molecule is CC(C)OC(=O)C1=CC[C@@H]2C(C1)c1c(O)cc(C(C)(C)C)cc1OC2(C)C. The largest absolute Gasteiger partial charge is 0.508 e. The average molecular weight is 373 g/mol. The third-order valence-electron chi connectivity index (χ3n) is 5.77. The van der Waals surface area contributed by atoms with Crippen molar-refractivity contribution < 1.29 is 19.4 Å². The van der Waals surface area contributed by atoms with Crippen molar-refractivity contribution in [3.8, 4) is 11.5 Å². The predicted molar refractivity (Wildman–Crippen MR) is 106 cm³/mol. The van der Waals surface area contributed by atoms with Gasteiger partial charge in [-0.05, 0) is 63.6 Å². The lowest BCUT2D eigenvalue weighted by molar-refractivity contribution is -0.143. The van der Waals surface area contributed by atoms with Gasteiger partial charge in [0.1, 0.15) is 17.1 Å². The zero-order valence-electron chi connectivity index (χ0n) is 17.6. The van der Waals surface area contributed by atoms with Crippen molar-refractivity contribution in [2.45, 2.75) is 84.3 Å². The van der Waals surface area contributed by atoms with Gasteiger partial charge in [-0.2, -0.15) is 0 Å². The molecule has 2 atom stereocenters. The number of phenols is 1. The van der Waals surface area contributed by atoms with Crippen LogP contribution in [0.15, 0.2) is 23.8 Å². The summed E-state index contributed by atoms with van der Waals surface area (Å²) in [6.45, 7) is 14.3. The van der Waals surface area contributed by atoms with Gasteiger partial charge in [-0.15, -0.1) is 0 Å². The van der Waals surface area contributed by atoms with E-state index in [-0.39, 0.29) is 40.7 Å². The number of ether oxygens (including phenoxy) is 2. The maximum Gasteiger partial charge on any atom is 0.333 e. The second kappa shape index (κ2) is 6.57. The van der Waals surface area contributed by atoms with Crippen molar-refractivity contribution in [2.24, 2.45) is 5.92 Å². The van der Waals surface area contributed by atoms with Gasteiger partial charge in [0, 0.05) is 23.0 Å². The molecule has 0 saturated heterocycles. The fourth-order valence-corrected chi connectivity index (χ4v) is 4.29. The van der Waals surface area contributed by atoms with E-state index >= 15 is 0 Å². The Bertz CT molecular complexity index is 780. The first-order valence-electron chi connectivity index (χ1n) is 9.86. The van der Waals surface area contributed by atoms with Gasteiger partial charge in [0.15, 0.2) is 0 Å². The summed E-state index contributed by atoms with van der Waals surface area (Å²) in [4.78, 5) is 12.4. The molecular weight excluding hydrogens is 340 g/mol. The zero-order valence-corrected chi connectivity index (χ0v) is 17.6. The molecule has 0 aromatic heterocycles. The van der Waals surface area contributed by atoms with E-state index in [1.54, 1.807) is 0 Å². The Morgan fingerprint density at radius 3 is 2.56 bits per heavy atom. The van der Waals surface area contributed by atoms with Crippen molar-refractivity contribution in [3.05, 3.63) is 34.9 Å². The highest BCUT2D eigenvalue weighted by atomic mass is 16.5. The number of carbonyl (C=O) groups is 1. The maximum absolute atomic E-state index is 12.4. The molecule has 0 spiro atoms. The fraction of sp³-hybridized carbons (Fsp3) is 0.609. The lowest BCUT2D eigenvalue weighted by Gasteiger charge is -2.47. The summed E-state index contributed by atoms with van der Waals surface area (Å²) in [6, 6.07) is 3.90. The second-order valence-electron chi connectivity index (χ2n) is 9.70. The summed E-state index contributed by atoms with van der Waals surface area (Å²) in [7, 11) is 0. The van der Waals surface area contributed by atoms with Crippen LogP contribution < -0.4 is 4.74 Å². The van der Waals surface area contributed by atoms with Crippen LogP contribution in [0.3, 0.4) is 0 Å². The number of fused-ring (bicyclic) bond motifs is 3. The summed E-state index contributed by atoms with van der Waals surface area (Å²) in [6.07, 6.45) is 3.15. The molecule has 148 valence electrons. The number of hydrogen-bond acceptors (Lipinski definition) is 4. The molecule has 2 aliphatic rings. The lowest BCUT2D eigenvalue weighted by Crippen LogP contribution is -2.46. The van der Waals surface area contributed by atoms with Crippen molar-refractivity contribution >= 4 is 5.97 Å². The quantitative estimate of drug-likeness (QED) is 0.722. The summed E-state index contributed by atoms with van der Waals surface area (Å²) >= 11 is 0. The van der Waals surface area contributed by atoms with E-state index in [0.29, 0.717) is 12.0 Å². The van der Waals surface area contributed by atoms with E-state index in [1.165, 1.54) is 0 Å². The summed E-state index contributed by atoms with van der Waals surface area (Å²) in [5.41, 5.74) is 2.11. The highest BCUT2D eigenvalue weighted by molar-refractivity contribution is 5.89. The van der Waals surface area contributed by atoms with E-state index in [4.69, 9.17) is 9.47 Å². The number of aromatic hydroxyl groups is 1. The van der Waals surface area contributed by atoms with Crippen LogP contribution in [-0.2, 0) is 14.9 Å². The smallest absolute Gasteiger partial charge is 0.333 e. The van der Waals surface area contributed by atoms with Crippen molar-refractivity contribution in [1.82, 2.24) is 0 Å². The molecule has 1 aromatic carbocycles. The third kappa shape index (κ3) is 3.71. The number of allylic oxidation sites excluding steroid dienone is 1. The minimum atomic E-state index is -0.370. The van der Waals surface area contributed by atoms with E-state index in [1.807, 2.05) is 26.0 Å². The van der Waals surface area contributed by atoms with Gasteiger partial charge in [0.2, 0.25) is 0 Å². The minimum absolute atomic E-state index is 0.0393. The summed E-state index contributed by atoms with van der Waals surface area (Å²) < 4.78 is 11.8. The second-order valence-corrected chi connectivity index (χ2v) is 9.70. The van der Waals surface area contributed by atoms with E-state index in [2.05, 4.69) is 40.7 Å². The van der Waals surface area contributed by atoms with Crippen LogP contribution in [0.4, 0.5) is 0 Å². The number of phenolic OH excluding ortho intramolecular Hbond substituents is 1. The molecule has 0 radical (unpaired) electrons. The van der Waals surface area contributed by atoms with Gasteiger partial charge in [-0.3, -0.25) is 0 Å². The molecule has 0 bridgehead atoms. The molecule has 27 heavy (non-hydrogen) atoms. The first-order chi connectivity index (χ1) is 12.4. The molecule has 0 amide bonds. The first kappa shape index (κ1) is 19.8. The minimum Gasteiger partial charge on any atom is -0.508 e. The molecule has 3 rings (SSSR count). The van der Waals surface area contributed by atoms with E-state index in [9.17, 15) is 9.90 Å². The average Bonchev–Trinajstić information content (AvgIpc) is 2.51. The molecule has 1 aliphatic carbocycles. The van der Waals surface area contributed by atoms with Gasteiger partial charge in [0.25, 0.3) is 0 Å². The highest BCUT2D eigenvalue weighted by Crippen LogP contribution is 2.54. The van der Waals surface area contributed by atoms with Crippen LogP contribution >= 0.6 is 0 Å². The molecule has 1 aromatic rings. The molecule has 1 heterocycles. The van der Waals surface area contributed by atoms with Crippen molar-refractivity contribution in [2.75, 3.05) is 0 Å². The Morgan fingerprint density at radius 1 is 1.30 bits per heavy atom. The molecule has 1 N–H and O–H groups in total. The number of benzene rings is 1. The van der Waals surface area contributed by atoms with Gasteiger partial charge in [0.05, 0.1) is 6.10 Å². The summed E-state index contributed by atoms with van der Waals surface area (Å²) in [5, 5.41) is 10.9. The predicted octanol–water partition coefficient (Wildman–Crippen LogP) is 5.23. The first-order valence-corrected chi connectivity index (χ1v) is 9.86. The van der Waals surface area contributed by atoms with E-state index < -0.39 is 0 Å². The van der Waals surface area contributed by atoms with Crippen LogP contribution in [0, 0.1) is 5.92 Å². The number of carbonyl (C=O) groups excluding carboxylic acids is 1. The highest BCUT2D eigenvalue weighted by Gasteiger charge is 2.47. The zero-order chi connectivity index (χ0) is 20.1. The molecule has 1 aliphatic heterocycles. The summed E-state index contributed by atoms with van der Waals surface area (Å²) in [5.74, 6) is 0.996. The van der Waals surface area contributed by atoms with Gasteiger partial charge >= 0.3 is 5.97 Å².